The number of rotatable bonds is 7. The summed E-state index contributed by atoms with van der Waals surface area (Å²) in [7, 11) is 0. The Morgan fingerprint density at radius 3 is 2.92 bits per heavy atom. The van der Waals surface area contributed by atoms with Crippen LogP contribution in [0.2, 0.25) is 0 Å². The fourth-order valence-corrected chi connectivity index (χ4v) is 3.79. The molecule has 0 N–H and O–H groups in total. The molecule has 1 aromatic heterocycles. The topological polar surface area (TPSA) is 38.8 Å². The van der Waals surface area contributed by atoms with Gasteiger partial charge in [0, 0.05) is 18.0 Å². The molecule has 1 unspecified atom stereocenters. The quantitative estimate of drug-likeness (QED) is 0.751. The summed E-state index contributed by atoms with van der Waals surface area (Å²) < 4.78 is 11.5. The number of carbonyl (C=O) groups excluding carboxylic acids is 1. The van der Waals surface area contributed by atoms with Crippen LogP contribution in [0.25, 0.3) is 0 Å². The van der Waals surface area contributed by atoms with Gasteiger partial charge in [-0.05, 0) is 49.8 Å². The highest BCUT2D eigenvalue weighted by molar-refractivity contribution is 7.09. The first-order valence-electron chi connectivity index (χ1n) is 8.73. The second-order valence-corrected chi connectivity index (χ2v) is 7.58. The van der Waals surface area contributed by atoms with Crippen LogP contribution in [0.5, 0.6) is 5.75 Å². The molecule has 1 fully saturated rings. The van der Waals surface area contributed by atoms with Crippen molar-refractivity contribution in [3.05, 3.63) is 51.7 Å². The van der Waals surface area contributed by atoms with E-state index in [0.717, 1.165) is 30.8 Å². The molecule has 5 heteroatoms. The third-order valence-corrected chi connectivity index (χ3v) is 5.27. The van der Waals surface area contributed by atoms with Crippen LogP contribution >= 0.6 is 11.3 Å². The first-order valence-corrected chi connectivity index (χ1v) is 9.61. The molecule has 0 bridgehead atoms. The van der Waals surface area contributed by atoms with E-state index in [9.17, 15) is 4.79 Å². The summed E-state index contributed by atoms with van der Waals surface area (Å²) in [5, 5.41) is 2.04. The molecule has 1 aromatic carbocycles. The third-order valence-electron chi connectivity index (χ3n) is 4.41. The molecule has 1 amide bonds. The Hall–Kier alpha value is -1.85. The van der Waals surface area contributed by atoms with Crippen LogP contribution in [0, 0.1) is 13.8 Å². The number of aryl methyl sites for hydroxylation is 2. The maximum absolute atomic E-state index is 12.8. The maximum Gasteiger partial charge on any atom is 0.260 e. The van der Waals surface area contributed by atoms with Gasteiger partial charge < -0.3 is 14.4 Å². The molecule has 0 aliphatic carbocycles. The number of thiophene rings is 1. The van der Waals surface area contributed by atoms with Crippen LogP contribution in [-0.2, 0) is 16.1 Å². The fourth-order valence-electron chi connectivity index (χ4n) is 3.07. The summed E-state index contributed by atoms with van der Waals surface area (Å²) >= 11 is 1.67. The first-order chi connectivity index (χ1) is 12.1. The van der Waals surface area contributed by atoms with Gasteiger partial charge in [0.2, 0.25) is 0 Å². The standard InChI is InChI=1S/C20H25NO3S/c1-15-7-8-19(16(2)11-15)24-14-20(22)21(12-17-5-3-9-23-17)13-18-6-4-10-25-18/h4,6-8,10-11,17H,3,5,9,12-14H2,1-2H3. The first kappa shape index (κ1) is 18.0. The van der Waals surface area contributed by atoms with Crippen molar-refractivity contribution in [2.75, 3.05) is 19.8 Å². The molecule has 2 heterocycles. The van der Waals surface area contributed by atoms with Crippen LogP contribution in [0.15, 0.2) is 35.7 Å². The zero-order chi connectivity index (χ0) is 17.6. The van der Waals surface area contributed by atoms with Crippen molar-refractivity contribution in [2.24, 2.45) is 0 Å². The Labute approximate surface area is 153 Å². The number of nitrogens with zero attached hydrogens (tertiary/aromatic N) is 1. The summed E-state index contributed by atoms with van der Waals surface area (Å²) in [4.78, 5) is 15.8. The number of ether oxygens (including phenoxy) is 2. The molecule has 2 aromatic rings. The van der Waals surface area contributed by atoms with Crippen LogP contribution in [0.4, 0.5) is 0 Å². The smallest absolute Gasteiger partial charge is 0.260 e. The minimum absolute atomic E-state index is 0.00359. The Bertz CT molecular complexity index is 693. The molecular formula is C20H25NO3S. The molecule has 134 valence electrons. The van der Waals surface area contributed by atoms with E-state index >= 15 is 0 Å². The Kier molecular flexibility index (Phi) is 6.10. The van der Waals surface area contributed by atoms with E-state index in [1.807, 2.05) is 42.3 Å². The van der Waals surface area contributed by atoms with E-state index in [4.69, 9.17) is 9.47 Å². The van der Waals surface area contributed by atoms with E-state index in [0.29, 0.717) is 13.1 Å². The summed E-state index contributed by atoms with van der Waals surface area (Å²) in [6.07, 6.45) is 2.24. The highest BCUT2D eigenvalue weighted by Crippen LogP contribution is 2.20. The van der Waals surface area contributed by atoms with E-state index in [1.54, 1.807) is 11.3 Å². The average molecular weight is 359 g/mol. The van der Waals surface area contributed by atoms with Gasteiger partial charge in [0.05, 0.1) is 12.6 Å². The lowest BCUT2D eigenvalue weighted by Crippen LogP contribution is -2.39. The van der Waals surface area contributed by atoms with Crippen LogP contribution in [0.1, 0.15) is 28.8 Å². The highest BCUT2D eigenvalue weighted by Gasteiger charge is 2.23. The van der Waals surface area contributed by atoms with Crippen LogP contribution < -0.4 is 4.74 Å². The lowest BCUT2D eigenvalue weighted by molar-refractivity contribution is -0.135. The van der Waals surface area contributed by atoms with Gasteiger partial charge in [-0.15, -0.1) is 11.3 Å². The molecule has 1 aliphatic rings. The minimum Gasteiger partial charge on any atom is -0.484 e. The lowest BCUT2D eigenvalue weighted by atomic mass is 10.1. The van der Waals surface area contributed by atoms with Crippen molar-refractivity contribution >= 4 is 17.2 Å². The fraction of sp³-hybridized carbons (Fsp3) is 0.450. The molecule has 4 nitrogen and oxygen atoms in total. The molecule has 0 spiro atoms. The molecule has 0 saturated carbocycles. The van der Waals surface area contributed by atoms with Gasteiger partial charge in [-0.25, -0.2) is 0 Å². The molecule has 0 radical (unpaired) electrons. The minimum atomic E-state index is 0.00359. The third kappa shape index (κ3) is 5.06. The Morgan fingerprint density at radius 1 is 1.36 bits per heavy atom. The molecule has 1 aliphatic heterocycles. The number of hydrogen-bond acceptors (Lipinski definition) is 4. The average Bonchev–Trinajstić information content (AvgIpc) is 3.27. The number of carbonyl (C=O) groups is 1. The lowest BCUT2D eigenvalue weighted by Gasteiger charge is -2.25. The van der Waals surface area contributed by atoms with E-state index < -0.39 is 0 Å². The van der Waals surface area contributed by atoms with Crippen molar-refractivity contribution in [3.63, 3.8) is 0 Å². The molecule has 1 atom stereocenters. The van der Waals surface area contributed by atoms with Gasteiger partial charge in [-0.2, -0.15) is 0 Å². The van der Waals surface area contributed by atoms with Gasteiger partial charge in [-0.1, -0.05) is 23.8 Å². The molecular weight excluding hydrogens is 334 g/mol. The Balaban J connectivity index is 1.62. The largest absolute Gasteiger partial charge is 0.484 e. The predicted molar refractivity (Wildman–Crippen MR) is 100 cm³/mol. The summed E-state index contributed by atoms with van der Waals surface area (Å²) in [5.41, 5.74) is 2.24. The van der Waals surface area contributed by atoms with Crippen molar-refractivity contribution in [1.82, 2.24) is 4.90 Å². The van der Waals surface area contributed by atoms with Gasteiger partial charge in [-0.3, -0.25) is 4.79 Å². The summed E-state index contributed by atoms with van der Waals surface area (Å²) in [6, 6.07) is 10.1. The van der Waals surface area contributed by atoms with Gasteiger partial charge in [0.1, 0.15) is 5.75 Å². The van der Waals surface area contributed by atoms with Gasteiger partial charge in [0.15, 0.2) is 6.61 Å². The number of benzene rings is 1. The summed E-state index contributed by atoms with van der Waals surface area (Å²) in [5.74, 6) is 0.774. The molecule has 1 saturated heterocycles. The zero-order valence-electron chi connectivity index (χ0n) is 14.9. The van der Waals surface area contributed by atoms with E-state index in [2.05, 4.69) is 12.1 Å². The van der Waals surface area contributed by atoms with Crippen LogP contribution in [0.3, 0.4) is 0 Å². The Morgan fingerprint density at radius 2 is 2.24 bits per heavy atom. The normalized spacial score (nSPS) is 16.8. The molecule has 3 rings (SSSR count). The van der Waals surface area contributed by atoms with Crippen molar-refractivity contribution in [2.45, 2.75) is 39.3 Å². The number of amides is 1. The maximum atomic E-state index is 12.8. The van der Waals surface area contributed by atoms with E-state index in [1.165, 1.54) is 10.4 Å². The SMILES string of the molecule is Cc1ccc(OCC(=O)N(Cc2cccs2)CC2CCCO2)c(C)c1. The van der Waals surface area contributed by atoms with E-state index in [-0.39, 0.29) is 18.6 Å². The molecule has 25 heavy (non-hydrogen) atoms. The second-order valence-electron chi connectivity index (χ2n) is 6.55. The predicted octanol–water partition coefficient (Wildman–Crippen LogP) is 3.95. The number of hydrogen-bond donors (Lipinski definition) is 0. The summed E-state index contributed by atoms with van der Waals surface area (Å²) in [6.45, 7) is 6.15. The zero-order valence-corrected chi connectivity index (χ0v) is 15.7. The van der Waals surface area contributed by atoms with Gasteiger partial charge in [0.25, 0.3) is 5.91 Å². The van der Waals surface area contributed by atoms with Crippen molar-refractivity contribution in [3.8, 4) is 5.75 Å². The van der Waals surface area contributed by atoms with Crippen molar-refractivity contribution < 1.29 is 14.3 Å². The highest BCUT2D eigenvalue weighted by atomic mass is 32.1. The monoisotopic (exact) mass is 359 g/mol. The van der Waals surface area contributed by atoms with Crippen molar-refractivity contribution in [1.29, 1.82) is 0 Å². The van der Waals surface area contributed by atoms with Crippen LogP contribution in [-0.4, -0.2) is 36.7 Å². The van der Waals surface area contributed by atoms with Gasteiger partial charge >= 0.3 is 0 Å². The second kappa shape index (κ2) is 8.50.